The van der Waals surface area contributed by atoms with E-state index in [0.29, 0.717) is 13.0 Å². The fourth-order valence-electron chi connectivity index (χ4n) is 1.03. The minimum absolute atomic E-state index is 0.157. The van der Waals surface area contributed by atoms with Gasteiger partial charge >= 0.3 is 0 Å². The Labute approximate surface area is 59.2 Å². The Bertz CT molecular complexity index is 128. The quantitative estimate of drug-likeness (QED) is 0.494. The van der Waals surface area contributed by atoms with Gasteiger partial charge in [-0.2, -0.15) is 0 Å². The summed E-state index contributed by atoms with van der Waals surface area (Å²) >= 11 is 0. The van der Waals surface area contributed by atoms with E-state index in [1.54, 1.807) is 0 Å². The predicted molar refractivity (Wildman–Crippen MR) is 34.1 cm³/mol. The number of hydrogen-bond acceptors (Lipinski definition) is 4. The van der Waals surface area contributed by atoms with Gasteiger partial charge in [0.2, 0.25) is 0 Å². The van der Waals surface area contributed by atoms with Gasteiger partial charge in [0.05, 0.1) is 0 Å². The monoisotopic (exact) mass is 145 g/mol. The van der Waals surface area contributed by atoms with E-state index in [2.05, 4.69) is 10.1 Å². The van der Waals surface area contributed by atoms with Crippen LogP contribution in [0.2, 0.25) is 0 Å². The molecule has 0 aromatic rings. The van der Waals surface area contributed by atoms with Gasteiger partial charge in [-0.3, -0.25) is 10.1 Å². The van der Waals surface area contributed by atoms with Crippen molar-refractivity contribution in [2.75, 3.05) is 6.54 Å². The van der Waals surface area contributed by atoms with Crippen molar-refractivity contribution in [1.29, 1.82) is 0 Å². The molecule has 0 spiro atoms. The Morgan fingerprint density at radius 1 is 1.80 bits per heavy atom. The number of ether oxygens (including phenoxy) is 1. The maximum Gasteiger partial charge on any atom is 0.294 e. The molecule has 4 heteroatoms. The Hall–Kier alpha value is -0.610. The Balaban J connectivity index is 2.40. The first-order valence-electron chi connectivity index (χ1n) is 3.26. The molecular weight excluding hydrogens is 134 g/mol. The largest absolute Gasteiger partial charge is 0.446 e. The van der Waals surface area contributed by atoms with E-state index >= 15 is 0 Å². The fourth-order valence-corrected chi connectivity index (χ4v) is 1.03. The molecule has 0 unspecified atom stereocenters. The van der Waals surface area contributed by atoms with Crippen molar-refractivity contribution < 1.29 is 14.6 Å². The summed E-state index contributed by atoms with van der Waals surface area (Å²) in [4.78, 5) is 9.84. The van der Waals surface area contributed by atoms with Crippen molar-refractivity contribution in [3.05, 3.63) is 0 Å². The Morgan fingerprint density at radius 2 is 2.50 bits per heavy atom. The highest BCUT2D eigenvalue weighted by Gasteiger charge is 2.32. The predicted octanol–water partition coefficient (Wildman–Crippen LogP) is -0.914. The summed E-state index contributed by atoms with van der Waals surface area (Å²) in [6, 6.07) is 0. The summed E-state index contributed by atoms with van der Waals surface area (Å²) in [6.45, 7) is 2.93. The second-order valence-corrected chi connectivity index (χ2v) is 2.53. The van der Waals surface area contributed by atoms with Gasteiger partial charge in [0.15, 0.2) is 6.23 Å². The molecule has 2 N–H and O–H groups in total. The zero-order chi connectivity index (χ0) is 7.56. The molecule has 0 bridgehead atoms. The number of aliphatic hydroxyl groups excluding tert-OH is 1. The third-order valence-electron chi connectivity index (χ3n) is 1.74. The minimum atomic E-state index is -0.565. The van der Waals surface area contributed by atoms with E-state index in [9.17, 15) is 9.90 Å². The molecule has 1 aliphatic rings. The fraction of sp³-hybridized carbons (Fsp3) is 0.833. The van der Waals surface area contributed by atoms with Crippen molar-refractivity contribution in [3.8, 4) is 0 Å². The van der Waals surface area contributed by atoms with E-state index in [0.717, 1.165) is 0 Å². The number of aliphatic hydroxyl groups is 1. The number of carbonyl (C=O) groups excluding carboxylic acids is 1. The lowest BCUT2D eigenvalue weighted by atomic mass is 10.1. The van der Waals surface area contributed by atoms with Gasteiger partial charge in [0.1, 0.15) is 6.10 Å². The zero-order valence-corrected chi connectivity index (χ0v) is 5.78. The first-order valence-corrected chi connectivity index (χ1v) is 3.26. The Morgan fingerprint density at radius 3 is 2.90 bits per heavy atom. The first-order chi connectivity index (χ1) is 4.75. The second-order valence-electron chi connectivity index (χ2n) is 2.53. The van der Waals surface area contributed by atoms with Gasteiger partial charge < -0.3 is 9.84 Å². The van der Waals surface area contributed by atoms with Crippen molar-refractivity contribution in [2.45, 2.75) is 19.3 Å². The molecule has 1 fully saturated rings. The number of carbonyl (C=O) groups is 1. The van der Waals surface area contributed by atoms with Crippen LogP contribution < -0.4 is 5.32 Å². The molecule has 0 aliphatic carbocycles. The number of nitrogens with one attached hydrogen (secondary N) is 1. The van der Waals surface area contributed by atoms with Crippen LogP contribution in [0.4, 0.5) is 0 Å². The molecule has 1 heterocycles. The highest BCUT2D eigenvalue weighted by Crippen LogP contribution is 2.13. The molecule has 3 atom stereocenters. The topological polar surface area (TPSA) is 58.6 Å². The number of hydrogen-bond donors (Lipinski definition) is 2. The normalized spacial score (nSPS) is 39.6. The van der Waals surface area contributed by atoms with Crippen molar-refractivity contribution in [2.24, 2.45) is 5.92 Å². The van der Waals surface area contributed by atoms with Crippen LogP contribution in [-0.4, -0.2) is 30.5 Å². The highest BCUT2D eigenvalue weighted by atomic mass is 16.5. The van der Waals surface area contributed by atoms with Gasteiger partial charge in [-0.25, -0.2) is 0 Å². The summed E-state index contributed by atoms with van der Waals surface area (Å²) < 4.78 is 4.54. The van der Waals surface area contributed by atoms with E-state index in [-0.39, 0.29) is 5.92 Å². The lowest BCUT2D eigenvalue weighted by Crippen LogP contribution is -2.33. The van der Waals surface area contributed by atoms with Gasteiger partial charge in [0.25, 0.3) is 6.47 Å². The maximum atomic E-state index is 9.84. The summed E-state index contributed by atoms with van der Waals surface area (Å²) in [6.07, 6.45) is -1.07. The average molecular weight is 145 g/mol. The zero-order valence-electron chi connectivity index (χ0n) is 5.78. The summed E-state index contributed by atoms with van der Waals surface area (Å²) in [5.41, 5.74) is 0. The second kappa shape index (κ2) is 2.98. The molecule has 1 rings (SSSR count). The SMILES string of the molecule is C[C@@H]1CN[C@H](OC=O)[C@H]1O. The van der Waals surface area contributed by atoms with Crippen LogP contribution >= 0.6 is 0 Å². The highest BCUT2D eigenvalue weighted by molar-refractivity contribution is 5.37. The van der Waals surface area contributed by atoms with E-state index in [1.165, 1.54) is 0 Å². The average Bonchev–Trinajstić information content (AvgIpc) is 2.20. The van der Waals surface area contributed by atoms with Crippen molar-refractivity contribution in [1.82, 2.24) is 5.32 Å². The van der Waals surface area contributed by atoms with E-state index in [4.69, 9.17) is 0 Å². The minimum Gasteiger partial charge on any atom is -0.446 e. The van der Waals surface area contributed by atoms with E-state index in [1.807, 2.05) is 6.92 Å². The smallest absolute Gasteiger partial charge is 0.294 e. The molecule has 0 amide bonds. The summed E-state index contributed by atoms with van der Waals surface area (Å²) in [7, 11) is 0. The molecule has 0 saturated carbocycles. The molecule has 58 valence electrons. The first kappa shape index (κ1) is 7.50. The van der Waals surface area contributed by atoms with Crippen LogP contribution in [0.1, 0.15) is 6.92 Å². The molecule has 4 nitrogen and oxygen atoms in total. The van der Waals surface area contributed by atoms with E-state index < -0.39 is 12.3 Å². The lowest BCUT2D eigenvalue weighted by molar-refractivity contribution is -0.139. The van der Waals surface area contributed by atoms with Crippen LogP contribution in [0.5, 0.6) is 0 Å². The van der Waals surface area contributed by atoms with Crippen LogP contribution in [0, 0.1) is 5.92 Å². The van der Waals surface area contributed by atoms with Crippen LogP contribution in [0.15, 0.2) is 0 Å². The molecular formula is C6H11NO3. The molecule has 0 aromatic carbocycles. The number of rotatable bonds is 2. The van der Waals surface area contributed by atoms with Crippen LogP contribution in [-0.2, 0) is 9.53 Å². The summed E-state index contributed by atoms with van der Waals surface area (Å²) in [5.74, 6) is 0.157. The standard InChI is InChI=1S/C6H11NO3/c1-4-2-7-6(5(4)9)10-3-8/h3-7,9H,2H2,1H3/t4-,5+,6-/m1/s1. The molecule has 1 saturated heterocycles. The molecule has 10 heavy (non-hydrogen) atoms. The maximum absolute atomic E-state index is 9.84. The summed E-state index contributed by atoms with van der Waals surface area (Å²) in [5, 5.41) is 12.1. The van der Waals surface area contributed by atoms with Gasteiger partial charge in [-0.15, -0.1) is 0 Å². The van der Waals surface area contributed by atoms with Crippen molar-refractivity contribution >= 4 is 6.47 Å². The Kier molecular flexibility index (Phi) is 2.24. The van der Waals surface area contributed by atoms with Gasteiger partial charge in [-0.05, 0) is 5.92 Å². The molecule has 1 aliphatic heterocycles. The molecule has 0 aromatic heterocycles. The van der Waals surface area contributed by atoms with Gasteiger partial charge in [-0.1, -0.05) is 6.92 Å². The van der Waals surface area contributed by atoms with Gasteiger partial charge in [0, 0.05) is 6.54 Å². The van der Waals surface area contributed by atoms with Crippen LogP contribution in [0.3, 0.4) is 0 Å². The third kappa shape index (κ3) is 1.27. The lowest BCUT2D eigenvalue weighted by Gasteiger charge is -2.13. The molecule has 0 radical (unpaired) electrons. The van der Waals surface area contributed by atoms with Crippen LogP contribution in [0.25, 0.3) is 0 Å². The van der Waals surface area contributed by atoms with Crippen molar-refractivity contribution in [3.63, 3.8) is 0 Å². The third-order valence-corrected chi connectivity index (χ3v) is 1.74.